The maximum Gasteiger partial charge on any atom is 0.232 e. The molecule has 4 rings (SSSR count). The Morgan fingerprint density at radius 3 is 1.53 bits per heavy atom. The van der Waals surface area contributed by atoms with Crippen LogP contribution in [0, 0.1) is 5.41 Å². The van der Waals surface area contributed by atoms with Gasteiger partial charge in [0.15, 0.2) is 0 Å². The summed E-state index contributed by atoms with van der Waals surface area (Å²) in [7, 11) is -2.54. The molecule has 3 aromatic carbocycles. The van der Waals surface area contributed by atoms with Crippen molar-refractivity contribution in [2.45, 2.75) is 32.2 Å². The average Bonchev–Trinajstić information content (AvgIpc) is 3.22. The summed E-state index contributed by atoms with van der Waals surface area (Å²) in [6.45, 7) is 7.06. The summed E-state index contributed by atoms with van der Waals surface area (Å²) >= 11 is 0. The zero-order valence-corrected chi connectivity index (χ0v) is 19.2. The van der Waals surface area contributed by atoms with Gasteiger partial charge in [0.05, 0.1) is 0 Å². The molecule has 2 heteroatoms. The Morgan fingerprint density at radius 1 is 0.667 bits per heavy atom. The molecule has 0 unspecified atom stereocenters. The number of rotatable bonds is 6. The summed E-state index contributed by atoms with van der Waals surface area (Å²) in [5.74, 6) is 0. The topological polar surface area (TPSA) is 12.0 Å². The van der Waals surface area contributed by atoms with Gasteiger partial charge >= 0.3 is 0 Å². The molecule has 0 heterocycles. The number of benzene rings is 3. The first kappa shape index (κ1) is 20.4. The van der Waals surface area contributed by atoms with E-state index in [1.54, 1.807) is 0 Å². The molecule has 0 bridgehead atoms. The Kier molecular flexibility index (Phi) is 5.53. The number of allylic oxidation sites excluding steroid dienone is 4. The van der Waals surface area contributed by atoms with Crippen LogP contribution in [0.3, 0.4) is 0 Å². The van der Waals surface area contributed by atoms with Crippen molar-refractivity contribution in [2.75, 3.05) is 4.98 Å². The fourth-order valence-corrected chi connectivity index (χ4v) is 10.4. The lowest BCUT2D eigenvalue weighted by atomic mass is 9.84. The number of para-hydroxylation sites is 1. The molecule has 152 valence electrons. The highest BCUT2D eigenvalue weighted by Gasteiger charge is 2.55. The van der Waals surface area contributed by atoms with Gasteiger partial charge in [-0.25, -0.2) is 0 Å². The molecule has 0 fully saturated rings. The second kappa shape index (κ2) is 8.12. The molecule has 1 aliphatic rings. The maximum atomic E-state index is 4.17. The van der Waals surface area contributed by atoms with Crippen LogP contribution in [0.25, 0.3) is 0 Å². The van der Waals surface area contributed by atoms with Crippen LogP contribution in [-0.4, -0.2) is 8.24 Å². The summed E-state index contributed by atoms with van der Waals surface area (Å²) in [4.78, 5) is 4.17. The predicted octanol–water partition coefficient (Wildman–Crippen LogP) is 6.16. The van der Waals surface area contributed by atoms with Gasteiger partial charge in [0, 0.05) is 10.7 Å². The summed E-state index contributed by atoms with van der Waals surface area (Å²) in [6, 6.07) is 32.9. The van der Waals surface area contributed by atoms with Crippen molar-refractivity contribution >= 4 is 24.3 Å². The Morgan fingerprint density at radius 2 is 1.10 bits per heavy atom. The minimum atomic E-state index is -2.54. The van der Waals surface area contributed by atoms with Crippen LogP contribution >= 0.6 is 0 Å². The molecule has 1 nitrogen and oxygen atoms in total. The summed E-state index contributed by atoms with van der Waals surface area (Å²) in [5.41, 5.74) is 1.36. The third kappa shape index (κ3) is 3.80. The van der Waals surface area contributed by atoms with Gasteiger partial charge in [-0.1, -0.05) is 124 Å². The van der Waals surface area contributed by atoms with Crippen LogP contribution in [0.15, 0.2) is 115 Å². The van der Waals surface area contributed by atoms with E-state index in [-0.39, 0.29) is 10.5 Å². The molecule has 0 amide bonds. The molecule has 30 heavy (non-hydrogen) atoms. The van der Waals surface area contributed by atoms with Gasteiger partial charge in [0.2, 0.25) is 8.24 Å². The molecule has 0 radical (unpaired) electrons. The van der Waals surface area contributed by atoms with Gasteiger partial charge in [0.25, 0.3) is 0 Å². The van der Waals surface area contributed by atoms with E-state index >= 15 is 0 Å². The van der Waals surface area contributed by atoms with Crippen LogP contribution in [-0.2, 0) is 0 Å². The molecule has 1 aliphatic carbocycles. The number of hydrogen-bond donors (Lipinski definition) is 1. The SMILES string of the molecule is CC(C)(C)CC1([Si](Nc2ccccc2)(c2ccccc2)c2ccccc2)C=CC=C1. The zero-order valence-electron chi connectivity index (χ0n) is 18.2. The quantitative estimate of drug-likeness (QED) is 0.481. The highest BCUT2D eigenvalue weighted by molar-refractivity contribution is 7.07. The Labute approximate surface area is 182 Å². The van der Waals surface area contributed by atoms with Gasteiger partial charge in [-0.3, -0.25) is 0 Å². The monoisotopic (exact) mass is 409 g/mol. The molecule has 1 N–H and O–H groups in total. The van der Waals surface area contributed by atoms with Crippen LogP contribution in [0.2, 0.25) is 5.04 Å². The third-order valence-corrected chi connectivity index (χ3v) is 10.9. The van der Waals surface area contributed by atoms with Crippen molar-refractivity contribution in [1.29, 1.82) is 0 Å². The maximum absolute atomic E-state index is 4.17. The van der Waals surface area contributed by atoms with Gasteiger partial charge in [-0.2, -0.15) is 0 Å². The van der Waals surface area contributed by atoms with E-state index in [1.807, 2.05) is 0 Å². The predicted molar refractivity (Wildman–Crippen MR) is 133 cm³/mol. The van der Waals surface area contributed by atoms with E-state index in [9.17, 15) is 0 Å². The summed E-state index contributed by atoms with van der Waals surface area (Å²) in [5, 5.41) is 2.73. The zero-order chi connectivity index (χ0) is 21.1. The number of anilines is 1. The van der Waals surface area contributed by atoms with E-state index in [4.69, 9.17) is 0 Å². The van der Waals surface area contributed by atoms with E-state index in [2.05, 4.69) is 141 Å². The average molecular weight is 410 g/mol. The second-order valence-electron chi connectivity index (χ2n) is 9.47. The first-order valence-electron chi connectivity index (χ1n) is 10.8. The highest BCUT2D eigenvalue weighted by atomic mass is 28.3. The summed E-state index contributed by atoms with van der Waals surface area (Å²) < 4.78 is 0. The van der Waals surface area contributed by atoms with E-state index in [0.29, 0.717) is 0 Å². The van der Waals surface area contributed by atoms with E-state index in [0.717, 1.165) is 6.42 Å². The fourth-order valence-electron chi connectivity index (χ4n) is 4.97. The standard InChI is InChI=1S/C28H31NSi/c1-27(2,3)23-28(21-13-14-22-28)30(25-17-9-5-10-18-25,26-19-11-6-12-20-26)29-24-15-7-4-8-16-24/h4-22,29H,23H2,1-3H3. The fraction of sp³-hybridized carbons (Fsp3) is 0.214. The number of nitrogens with one attached hydrogen (secondary N) is 1. The van der Waals surface area contributed by atoms with Gasteiger partial charge in [0.1, 0.15) is 0 Å². The van der Waals surface area contributed by atoms with E-state index in [1.165, 1.54) is 16.1 Å². The molecule has 0 saturated heterocycles. The molecule has 0 saturated carbocycles. The lowest BCUT2D eigenvalue weighted by molar-refractivity contribution is 0.355. The molecule has 0 spiro atoms. The first-order chi connectivity index (χ1) is 14.5. The van der Waals surface area contributed by atoms with Gasteiger partial charge in [-0.05, 0) is 34.3 Å². The highest BCUT2D eigenvalue weighted by Crippen LogP contribution is 2.51. The molecular formula is C28H31NSi. The van der Waals surface area contributed by atoms with Gasteiger partial charge < -0.3 is 4.98 Å². The van der Waals surface area contributed by atoms with Crippen molar-refractivity contribution in [3.8, 4) is 0 Å². The third-order valence-electron chi connectivity index (χ3n) is 5.94. The molecule has 0 aromatic heterocycles. The van der Waals surface area contributed by atoms with Crippen LogP contribution in [0.4, 0.5) is 5.69 Å². The first-order valence-corrected chi connectivity index (χ1v) is 12.8. The molecule has 0 atom stereocenters. The van der Waals surface area contributed by atoms with Crippen molar-refractivity contribution in [2.24, 2.45) is 5.41 Å². The van der Waals surface area contributed by atoms with Crippen molar-refractivity contribution in [1.82, 2.24) is 0 Å². The Balaban J connectivity index is 2.04. The lowest BCUT2D eigenvalue weighted by Gasteiger charge is -2.49. The van der Waals surface area contributed by atoms with Crippen LogP contribution in [0.5, 0.6) is 0 Å². The molecule has 3 aromatic rings. The number of hydrogen-bond acceptors (Lipinski definition) is 1. The van der Waals surface area contributed by atoms with Crippen LogP contribution in [0.1, 0.15) is 27.2 Å². The van der Waals surface area contributed by atoms with Crippen molar-refractivity contribution < 1.29 is 0 Å². The minimum absolute atomic E-state index is 0.0796. The molecular weight excluding hydrogens is 378 g/mol. The molecule has 0 aliphatic heterocycles. The Hall–Kier alpha value is -2.84. The van der Waals surface area contributed by atoms with Crippen LogP contribution < -0.4 is 15.4 Å². The van der Waals surface area contributed by atoms with Crippen molar-refractivity contribution in [3.05, 3.63) is 115 Å². The van der Waals surface area contributed by atoms with Gasteiger partial charge in [-0.15, -0.1) is 0 Å². The summed E-state index contributed by atoms with van der Waals surface area (Å²) in [6.07, 6.45) is 10.5. The lowest BCUT2D eigenvalue weighted by Crippen LogP contribution is -2.71. The second-order valence-corrected chi connectivity index (χ2v) is 13.3. The minimum Gasteiger partial charge on any atom is -0.403 e. The smallest absolute Gasteiger partial charge is 0.232 e. The Bertz CT molecular complexity index is 963. The normalized spacial score (nSPS) is 15.3. The largest absolute Gasteiger partial charge is 0.403 e. The van der Waals surface area contributed by atoms with E-state index < -0.39 is 8.24 Å². The van der Waals surface area contributed by atoms with Crippen molar-refractivity contribution in [3.63, 3.8) is 0 Å².